The summed E-state index contributed by atoms with van der Waals surface area (Å²) in [6, 6.07) is 0. The average Bonchev–Trinajstić information content (AvgIpc) is 2.51. The third-order valence-electron chi connectivity index (χ3n) is 5.21. The molecule has 0 amide bonds. The maximum atomic E-state index is 12.2. The summed E-state index contributed by atoms with van der Waals surface area (Å²) in [6.45, 7) is 3.88. The van der Waals surface area contributed by atoms with Crippen molar-refractivity contribution in [1.82, 2.24) is 0 Å². The fraction of sp³-hybridized carbons (Fsp3) is 0.647. The molecule has 4 nitrogen and oxygen atoms in total. The molecule has 2 atom stereocenters. The van der Waals surface area contributed by atoms with Gasteiger partial charge in [0, 0.05) is 5.92 Å². The van der Waals surface area contributed by atoms with Gasteiger partial charge in [-0.1, -0.05) is 25.2 Å². The molecule has 0 aromatic carbocycles. The van der Waals surface area contributed by atoms with E-state index in [1.807, 2.05) is 0 Å². The Kier molecular flexibility index (Phi) is 4.26. The lowest BCUT2D eigenvalue weighted by atomic mass is 9.62. The van der Waals surface area contributed by atoms with E-state index in [4.69, 9.17) is 9.47 Å². The normalized spacial score (nSPS) is 28.4. The van der Waals surface area contributed by atoms with Crippen molar-refractivity contribution >= 4 is 11.9 Å². The van der Waals surface area contributed by atoms with Gasteiger partial charge < -0.3 is 9.47 Å². The largest absolute Gasteiger partial charge is 0.468 e. The number of carbonyl (C=O) groups excluding carboxylic acids is 2. The molecule has 0 saturated heterocycles. The van der Waals surface area contributed by atoms with E-state index in [0.29, 0.717) is 0 Å². The molecule has 21 heavy (non-hydrogen) atoms. The van der Waals surface area contributed by atoms with Crippen LogP contribution in [0.2, 0.25) is 0 Å². The predicted octanol–water partition coefficient (Wildman–Crippen LogP) is 3.03. The van der Waals surface area contributed by atoms with Gasteiger partial charge in [0.05, 0.1) is 14.2 Å². The minimum Gasteiger partial charge on any atom is -0.468 e. The van der Waals surface area contributed by atoms with Crippen molar-refractivity contribution in [3.05, 3.63) is 23.8 Å². The zero-order chi connectivity index (χ0) is 15.7. The first-order valence-electron chi connectivity index (χ1n) is 7.44. The summed E-state index contributed by atoms with van der Waals surface area (Å²) >= 11 is 0. The second kappa shape index (κ2) is 5.66. The van der Waals surface area contributed by atoms with Gasteiger partial charge in [-0.2, -0.15) is 0 Å². The molecule has 0 aliphatic heterocycles. The van der Waals surface area contributed by atoms with E-state index in [0.717, 1.165) is 25.7 Å². The molecule has 0 fully saturated rings. The van der Waals surface area contributed by atoms with Crippen LogP contribution in [0.4, 0.5) is 0 Å². The van der Waals surface area contributed by atoms with Gasteiger partial charge in [0.15, 0.2) is 5.41 Å². The van der Waals surface area contributed by atoms with Crippen molar-refractivity contribution in [1.29, 1.82) is 0 Å². The Hall–Kier alpha value is -1.58. The third kappa shape index (κ3) is 2.52. The van der Waals surface area contributed by atoms with Crippen LogP contribution in [-0.4, -0.2) is 26.2 Å². The van der Waals surface area contributed by atoms with E-state index in [1.54, 1.807) is 6.92 Å². The molecule has 0 heterocycles. The van der Waals surface area contributed by atoms with E-state index in [2.05, 4.69) is 25.2 Å². The number of ether oxygens (including phenoxy) is 2. The number of carbonyl (C=O) groups is 2. The first-order chi connectivity index (χ1) is 9.88. The molecule has 0 bridgehead atoms. The van der Waals surface area contributed by atoms with Gasteiger partial charge >= 0.3 is 11.9 Å². The van der Waals surface area contributed by atoms with Crippen LogP contribution in [0.1, 0.15) is 39.5 Å². The molecule has 0 aromatic rings. The van der Waals surface area contributed by atoms with Crippen LogP contribution in [0.3, 0.4) is 0 Å². The smallest absolute Gasteiger partial charge is 0.323 e. The Balaban J connectivity index is 2.41. The van der Waals surface area contributed by atoms with Crippen molar-refractivity contribution in [2.75, 3.05) is 14.2 Å². The highest BCUT2D eigenvalue weighted by atomic mass is 16.5. The van der Waals surface area contributed by atoms with Gasteiger partial charge in [0.2, 0.25) is 0 Å². The number of esters is 2. The highest BCUT2D eigenvalue weighted by molar-refractivity contribution is 6.00. The van der Waals surface area contributed by atoms with Crippen molar-refractivity contribution in [3.8, 4) is 0 Å². The lowest BCUT2D eigenvalue weighted by Gasteiger charge is -2.42. The van der Waals surface area contributed by atoms with Crippen molar-refractivity contribution in [2.45, 2.75) is 39.5 Å². The van der Waals surface area contributed by atoms with Gasteiger partial charge in [0.25, 0.3) is 0 Å². The maximum Gasteiger partial charge on any atom is 0.323 e. The van der Waals surface area contributed by atoms with Crippen LogP contribution >= 0.6 is 0 Å². The Morgan fingerprint density at radius 2 is 1.86 bits per heavy atom. The number of fused-ring (bicyclic) bond motifs is 1. The number of hydrogen-bond donors (Lipinski definition) is 0. The molecule has 0 spiro atoms. The molecular formula is C17H24O4. The molecule has 2 aliphatic carbocycles. The van der Waals surface area contributed by atoms with Gasteiger partial charge in [-0.25, -0.2) is 0 Å². The summed E-state index contributed by atoms with van der Waals surface area (Å²) in [6.07, 6.45) is 10.3. The summed E-state index contributed by atoms with van der Waals surface area (Å²) < 4.78 is 9.73. The Bertz CT molecular complexity index is 487. The summed E-state index contributed by atoms with van der Waals surface area (Å²) in [5.74, 6) is -1.25. The molecule has 0 radical (unpaired) electrons. The van der Waals surface area contributed by atoms with Crippen LogP contribution in [0.25, 0.3) is 0 Å². The van der Waals surface area contributed by atoms with Crippen LogP contribution in [0.15, 0.2) is 23.8 Å². The van der Waals surface area contributed by atoms with Crippen molar-refractivity contribution in [2.24, 2.45) is 16.7 Å². The predicted molar refractivity (Wildman–Crippen MR) is 79.4 cm³/mol. The molecule has 0 N–H and O–H groups in total. The van der Waals surface area contributed by atoms with Crippen LogP contribution in [-0.2, 0) is 19.1 Å². The molecule has 2 aliphatic rings. The fourth-order valence-corrected chi connectivity index (χ4v) is 3.52. The molecule has 0 unspecified atom stereocenters. The minimum atomic E-state index is -1.27. The molecule has 0 saturated carbocycles. The average molecular weight is 292 g/mol. The van der Waals surface area contributed by atoms with Gasteiger partial charge in [0.1, 0.15) is 0 Å². The zero-order valence-corrected chi connectivity index (χ0v) is 13.3. The second-order valence-electron chi connectivity index (χ2n) is 6.45. The minimum absolute atomic E-state index is 0.165. The number of rotatable bonds is 3. The summed E-state index contributed by atoms with van der Waals surface area (Å²) in [4.78, 5) is 24.4. The third-order valence-corrected chi connectivity index (χ3v) is 5.21. The quantitative estimate of drug-likeness (QED) is 0.592. The monoisotopic (exact) mass is 292 g/mol. The van der Waals surface area contributed by atoms with E-state index < -0.39 is 17.4 Å². The molecular weight excluding hydrogens is 268 g/mol. The molecule has 2 rings (SSSR count). The van der Waals surface area contributed by atoms with Gasteiger partial charge in [-0.15, -0.1) is 0 Å². The van der Waals surface area contributed by atoms with Crippen LogP contribution < -0.4 is 0 Å². The second-order valence-corrected chi connectivity index (χ2v) is 6.45. The number of allylic oxidation sites excluding steroid dienone is 4. The van der Waals surface area contributed by atoms with Crippen molar-refractivity contribution in [3.63, 3.8) is 0 Å². The highest BCUT2D eigenvalue weighted by Gasteiger charge is 2.51. The van der Waals surface area contributed by atoms with E-state index in [-0.39, 0.29) is 11.3 Å². The summed E-state index contributed by atoms with van der Waals surface area (Å²) in [5, 5.41) is 0. The molecule has 116 valence electrons. The van der Waals surface area contributed by atoms with Gasteiger partial charge in [-0.3, -0.25) is 9.59 Å². The highest BCUT2D eigenvalue weighted by Crippen LogP contribution is 2.49. The van der Waals surface area contributed by atoms with Crippen LogP contribution in [0.5, 0.6) is 0 Å². The Morgan fingerprint density at radius 1 is 1.24 bits per heavy atom. The first kappa shape index (κ1) is 15.8. The fourth-order valence-electron chi connectivity index (χ4n) is 3.52. The Labute approximate surface area is 126 Å². The van der Waals surface area contributed by atoms with Crippen LogP contribution in [0, 0.1) is 16.7 Å². The lowest BCUT2D eigenvalue weighted by Crippen LogP contribution is -2.46. The van der Waals surface area contributed by atoms with Crippen molar-refractivity contribution < 1.29 is 19.1 Å². The number of methoxy groups -OCH3 is 2. The van der Waals surface area contributed by atoms with E-state index >= 15 is 0 Å². The van der Waals surface area contributed by atoms with Gasteiger partial charge in [-0.05, 0) is 43.6 Å². The summed E-state index contributed by atoms with van der Waals surface area (Å²) in [7, 11) is 2.62. The maximum absolute atomic E-state index is 12.2. The first-order valence-corrected chi connectivity index (χ1v) is 7.44. The SMILES string of the molecule is COC(=O)C(C)(C(=O)OC)[C@@H]1C=C2C=CCC[C@@]2(C)CC1. The standard InChI is InChI=1S/C17H24O4/c1-16-9-6-5-7-12(16)11-13(8-10-16)17(2,14(18)20-3)15(19)21-4/h5,7,11,13H,6,8-10H2,1-4H3/t13-,16-/m0/s1. The number of hydrogen-bond acceptors (Lipinski definition) is 4. The van der Waals surface area contributed by atoms with E-state index in [9.17, 15) is 9.59 Å². The zero-order valence-electron chi connectivity index (χ0n) is 13.3. The summed E-state index contributed by atoms with van der Waals surface area (Å²) in [5.41, 5.74) is 0.116. The topological polar surface area (TPSA) is 52.6 Å². The molecule has 4 heteroatoms. The Morgan fingerprint density at radius 3 is 2.43 bits per heavy atom. The molecule has 0 aromatic heterocycles. The van der Waals surface area contributed by atoms with E-state index in [1.165, 1.54) is 19.8 Å². The lowest BCUT2D eigenvalue weighted by molar-refractivity contribution is -0.171.